The summed E-state index contributed by atoms with van der Waals surface area (Å²) in [6.45, 7) is 7.28. The molecule has 6 heteroatoms. The maximum Gasteiger partial charge on any atom is 0.179 e. The van der Waals surface area contributed by atoms with Crippen molar-refractivity contribution in [1.29, 1.82) is 0 Å². The van der Waals surface area contributed by atoms with Crippen LogP contribution in [0.2, 0.25) is 5.02 Å². The van der Waals surface area contributed by atoms with E-state index in [1.165, 1.54) is 5.56 Å². The zero-order valence-corrected chi connectivity index (χ0v) is 14.2. The summed E-state index contributed by atoms with van der Waals surface area (Å²) in [5.74, 6) is 0. The van der Waals surface area contributed by atoms with Gasteiger partial charge in [-0.2, -0.15) is 0 Å². The molecule has 1 N–H and O–H groups in total. The van der Waals surface area contributed by atoms with E-state index in [0.29, 0.717) is 6.04 Å². The van der Waals surface area contributed by atoms with E-state index in [1.54, 1.807) is 23.1 Å². The molecule has 0 aliphatic heterocycles. The standard InChI is InChI=1S/C14H18ClN3S2/c1-4-7-16-9(2)11-5-6-13(12(15)8-11)20-14-18-17-10(3)19-14/h5-6,8-9,16H,4,7H2,1-3H3. The summed E-state index contributed by atoms with van der Waals surface area (Å²) in [6.07, 6.45) is 1.13. The fraction of sp³-hybridized carbons (Fsp3) is 0.429. The van der Waals surface area contributed by atoms with E-state index >= 15 is 0 Å². The molecule has 1 aromatic carbocycles. The van der Waals surface area contributed by atoms with Crippen molar-refractivity contribution in [3.8, 4) is 0 Å². The van der Waals surface area contributed by atoms with Crippen molar-refractivity contribution in [1.82, 2.24) is 15.5 Å². The number of hydrogen-bond acceptors (Lipinski definition) is 5. The quantitative estimate of drug-likeness (QED) is 0.833. The molecular formula is C14H18ClN3S2. The molecule has 2 aromatic rings. The smallest absolute Gasteiger partial charge is 0.179 e. The van der Waals surface area contributed by atoms with Crippen LogP contribution in [0.15, 0.2) is 27.4 Å². The molecule has 3 nitrogen and oxygen atoms in total. The molecule has 2 rings (SSSR count). The summed E-state index contributed by atoms with van der Waals surface area (Å²) < 4.78 is 0.925. The summed E-state index contributed by atoms with van der Waals surface area (Å²) in [6, 6.07) is 6.53. The number of benzene rings is 1. The van der Waals surface area contributed by atoms with Crippen LogP contribution in [0.4, 0.5) is 0 Å². The third-order valence-electron chi connectivity index (χ3n) is 2.86. The summed E-state index contributed by atoms with van der Waals surface area (Å²) in [7, 11) is 0. The number of aromatic nitrogens is 2. The van der Waals surface area contributed by atoms with Crippen molar-refractivity contribution in [2.24, 2.45) is 0 Å². The first-order valence-electron chi connectivity index (χ1n) is 6.61. The minimum absolute atomic E-state index is 0.315. The monoisotopic (exact) mass is 327 g/mol. The van der Waals surface area contributed by atoms with Crippen LogP contribution in [-0.4, -0.2) is 16.7 Å². The van der Waals surface area contributed by atoms with Gasteiger partial charge in [0.25, 0.3) is 0 Å². The lowest BCUT2D eigenvalue weighted by Crippen LogP contribution is -2.19. The van der Waals surface area contributed by atoms with Gasteiger partial charge in [0.2, 0.25) is 0 Å². The van der Waals surface area contributed by atoms with Crippen molar-refractivity contribution in [3.63, 3.8) is 0 Å². The lowest BCUT2D eigenvalue weighted by Gasteiger charge is -2.14. The van der Waals surface area contributed by atoms with E-state index in [1.807, 2.05) is 13.0 Å². The molecule has 1 heterocycles. The van der Waals surface area contributed by atoms with Gasteiger partial charge in [-0.15, -0.1) is 10.2 Å². The molecule has 0 fully saturated rings. The Bertz CT molecular complexity index is 571. The van der Waals surface area contributed by atoms with E-state index < -0.39 is 0 Å². The van der Waals surface area contributed by atoms with Gasteiger partial charge < -0.3 is 5.32 Å². The Balaban J connectivity index is 2.09. The largest absolute Gasteiger partial charge is 0.310 e. The molecule has 0 saturated carbocycles. The Labute approximate surface area is 133 Å². The molecule has 0 spiro atoms. The number of hydrogen-bond donors (Lipinski definition) is 1. The van der Waals surface area contributed by atoms with Crippen molar-refractivity contribution in [3.05, 3.63) is 33.8 Å². The molecule has 0 aliphatic rings. The molecule has 0 radical (unpaired) electrons. The van der Waals surface area contributed by atoms with Crippen LogP contribution in [0.25, 0.3) is 0 Å². The van der Waals surface area contributed by atoms with Gasteiger partial charge in [-0.25, -0.2) is 0 Å². The molecule has 1 unspecified atom stereocenters. The van der Waals surface area contributed by atoms with Gasteiger partial charge in [0.05, 0.1) is 5.02 Å². The number of aryl methyl sites for hydroxylation is 1. The molecule has 1 atom stereocenters. The lowest BCUT2D eigenvalue weighted by molar-refractivity contribution is 0.570. The minimum atomic E-state index is 0.315. The molecule has 0 saturated heterocycles. The van der Waals surface area contributed by atoms with Gasteiger partial charge in [0.15, 0.2) is 4.34 Å². The highest BCUT2D eigenvalue weighted by Crippen LogP contribution is 2.35. The van der Waals surface area contributed by atoms with Crippen LogP contribution in [-0.2, 0) is 0 Å². The molecule has 108 valence electrons. The SMILES string of the molecule is CCCNC(C)c1ccc(Sc2nnc(C)s2)c(Cl)c1. The van der Waals surface area contributed by atoms with E-state index in [4.69, 9.17) is 11.6 Å². The van der Waals surface area contributed by atoms with Gasteiger partial charge in [0, 0.05) is 10.9 Å². The lowest BCUT2D eigenvalue weighted by atomic mass is 10.1. The zero-order chi connectivity index (χ0) is 14.5. The molecule has 0 aliphatic carbocycles. The van der Waals surface area contributed by atoms with E-state index in [0.717, 1.165) is 32.2 Å². The van der Waals surface area contributed by atoms with Crippen LogP contribution >= 0.6 is 34.7 Å². The first kappa shape index (κ1) is 15.8. The Hall–Kier alpha value is -0.620. The third-order valence-corrected chi connectivity index (χ3v) is 5.25. The fourth-order valence-corrected chi connectivity index (χ4v) is 3.84. The zero-order valence-electron chi connectivity index (χ0n) is 11.8. The highest BCUT2D eigenvalue weighted by Gasteiger charge is 2.10. The Morgan fingerprint density at radius 1 is 1.40 bits per heavy atom. The fourth-order valence-electron chi connectivity index (χ4n) is 1.76. The van der Waals surface area contributed by atoms with Crippen LogP contribution in [0.1, 0.15) is 36.9 Å². The van der Waals surface area contributed by atoms with E-state index in [2.05, 4.69) is 41.5 Å². The second kappa shape index (κ2) is 7.41. The highest BCUT2D eigenvalue weighted by atomic mass is 35.5. The Morgan fingerprint density at radius 3 is 2.80 bits per heavy atom. The first-order valence-corrected chi connectivity index (χ1v) is 8.62. The van der Waals surface area contributed by atoms with Crippen molar-refractivity contribution < 1.29 is 0 Å². The minimum Gasteiger partial charge on any atom is -0.310 e. The number of nitrogens with one attached hydrogen (secondary N) is 1. The molecule has 1 aromatic heterocycles. The topological polar surface area (TPSA) is 37.8 Å². The van der Waals surface area contributed by atoms with Crippen LogP contribution in [0.5, 0.6) is 0 Å². The molecule has 0 amide bonds. The van der Waals surface area contributed by atoms with Gasteiger partial charge in [-0.1, -0.05) is 47.7 Å². The maximum absolute atomic E-state index is 6.37. The molecule has 0 bridgehead atoms. The van der Waals surface area contributed by atoms with E-state index in [9.17, 15) is 0 Å². The average molecular weight is 328 g/mol. The first-order chi connectivity index (χ1) is 9.60. The van der Waals surface area contributed by atoms with Gasteiger partial charge in [-0.3, -0.25) is 0 Å². The van der Waals surface area contributed by atoms with Crippen molar-refractivity contribution in [2.75, 3.05) is 6.54 Å². The normalized spacial score (nSPS) is 12.6. The second-order valence-corrected chi connectivity index (χ2v) is 7.43. The van der Waals surface area contributed by atoms with Crippen molar-refractivity contribution >= 4 is 34.7 Å². The summed E-state index contributed by atoms with van der Waals surface area (Å²) in [4.78, 5) is 1.02. The number of rotatable bonds is 6. The average Bonchev–Trinajstić information content (AvgIpc) is 2.83. The number of halogens is 1. The summed E-state index contributed by atoms with van der Waals surface area (Å²) in [5.41, 5.74) is 1.21. The van der Waals surface area contributed by atoms with Gasteiger partial charge in [0.1, 0.15) is 5.01 Å². The van der Waals surface area contributed by atoms with Crippen LogP contribution in [0.3, 0.4) is 0 Å². The second-order valence-electron chi connectivity index (χ2n) is 4.55. The molecule has 20 heavy (non-hydrogen) atoms. The van der Waals surface area contributed by atoms with Crippen LogP contribution in [0, 0.1) is 6.92 Å². The number of nitrogens with zero attached hydrogens (tertiary/aromatic N) is 2. The Morgan fingerprint density at radius 2 is 2.20 bits per heavy atom. The summed E-state index contributed by atoms with van der Waals surface area (Å²) in [5, 5.41) is 13.3. The predicted molar refractivity (Wildman–Crippen MR) is 86.9 cm³/mol. The molecular weight excluding hydrogens is 310 g/mol. The third kappa shape index (κ3) is 4.19. The van der Waals surface area contributed by atoms with E-state index in [-0.39, 0.29) is 0 Å². The van der Waals surface area contributed by atoms with Gasteiger partial charge >= 0.3 is 0 Å². The highest BCUT2D eigenvalue weighted by molar-refractivity contribution is 8.01. The van der Waals surface area contributed by atoms with Gasteiger partial charge in [-0.05, 0) is 44.5 Å². The summed E-state index contributed by atoms with van der Waals surface area (Å²) >= 11 is 9.52. The Kier molecular flexibility index (Phi) is 5.84. The van der Waals surface area contributed by atoms with Crippen LogP contribution < -0.4 is 5.32 Å². The maximum atomic E-state index is 6.37. The predicted octanol–water partition coefficient (Wildman–Crippen LogP) is 4.71. The van der Waals surface area contributed by atoms with Crippen molar-refractivity contribution in [2.45, 2.75) is 42.5 Å².